The van der Waals surface area contributed by atoms with Gasteiger partial charge >= 0.3 is 0 Å². The molecule has 0 fully saturated rings. The molecule has 0 saturated heterocycles. The predicted molar refractivity (Wildman–Crippen MR) is 107 cm³/mol. The quantitative estimate of drug-likeness (QED) is 0.431. The van der Waals surface area contributed by atoms with E-state index in [9.17, 15) is 0 Å². The fourth-order valence-corrected chi connectivity index (χ4v) is 4.97. The van der Waals surface area contributed by atoms with E-state index < -0.39 is 16.6 Å². The van der Waals surface area contributed by atoms with E-state index >= 15 is 0 Å². The van der Waals surface area contributed by atoms with Crippen molar-refractivity contribution in [1.29, 1.82) is 0 Å². The Balaban J connectivity index is 3.01. The Morgan fingerprint density at radius 1 is 0.826 bits per heavy atom. The van der Waals surface area contributed by atoms with Crippen molar-refractivity contribution in [3.63, 3.8) is 0 Å². The first kappa shape index (κ1) is 21.1. The van der Waals surface area contributed by atoms with Gasteiger partial charge in [0.05, 0.1) is 12.2 Å². The third-order valence-electron chi connectivity index (χ3n) is 6.19. The van der Waals surface area contributed by atoms with Gasteiger partial charge in [0.2, 0.25) is 0 Å². The Hall–Kier alpha value is 0.0938. The van der Waals surface area contributed by atoms with E-state index in [0.717, 1.165) is 6.42 Å². The largest absolute Gasteiger partial charge is 0.411 e. The Morgan fingerprint density at radius 3 is 1.70 bits per heavy atom. The van der Waals surface area contributed by atoms with E-state index in [0.29, 0.717) is 5.92 Å². The highest BCUT2D eigenvalue weighted by Gasteiger charge is 2.45. The van der Waals surface area contributed by atoms with Crippen molar-refractivity contribution in [2.75, 3.05) is 0 Å². The standard InChI is InChI=1S/C19H40O2Si2/c1-15-13-12-14-16(20-22(8,9)18(2,3)4)17(15)21-23(10,11)19(5,6)7/h12,14-17H,13H2,1-11H3/t15-,16-,17+/m0/s1. The molecule has 0 heterocycles. The molecule has 136 valence electrons. The predicted octanol–water partition coefficient (Wildman–Crippen LogP) is 6.36. The molecular formula is C19H40O2Si2. The molecule has 1 rings (SSSR count). The van der Waals surface area contributed by atoms with Crippen LogP contribution in [0.3, 0.4) is 0 Å². The molecule has 0 saturated carbocycles. The first-order valence-corrected chi connectivity index (χ1v) is 14.9. The van der Waals surface area contributed by atoms with E-state index in [1.807, 2.05) is 0 Å². The summed E-state index contributed by atoms with van der Waals surface area (Å²) in [6, 6.07) is 0. The van der Waals surface area contributed by atoms with Gasteiger partial charge in [0, 0.05) is 0 Å². The van der Waals surface area contributed by atoms with E-state index in [-0.39, 0.29) is 22.3 Å². The fourth-order valence-electron chi connectivity index (χ4n) is 2.32. The maximum absolute atomic E-state index is 6.81. The average Bonchev–Trinajstić information content (AvgIpc) is 2.30. The molecule has 0 unspecified atom stereocenters. The molecule has 3 atom stereocenters. The summed E-state index contributed by atoms with van der Waals surface area (Å²) < 4.78 is 13.5. The lowest BCUT2D eigenvalue weighted by molar-refractivity contribution is 0.0228. The van der Waals surface area contributed by atoms with Crippen molar-refractivity contribution in [1.82, 2.24) is 0 Å². The van der Waals surface area contributed by atoms with Crippen LogP contribution in [0.5, 0.6) is 0 Å². The zero-order valence-corrected chi connectivity index (χ0v) is 19.4. The molecule has 0 spiro atoms. The van der Waals surface area contributed by atoms with E-state index in [1.54, 1.807) is 0 Å². The summed E-state index contributed by atoms with van der Waals surface area (Å²) >= 11 is 0. The third kappa shape index (κ3) is 5.03. The molecule has 0 aliphatic heterocycles. The van der Waals surface area contributed by atoms with Gasteiger partial charge in [-0.25, -0.2) is 0 Å². The van der Waals surface area contributed by atoms with Crippen molar-refractivity contribution >= 4 is 16.6 Å². The van der Waals surface area contributed by atoms with Gasteiger partial charge in [-0.2, -0.15) is 0 Å². The molecule has 0 radical (unpaired) electrons. The van der Waals surface area contributed by atoms with Gasteiger partial charge in [0.25, 0.3) is 0 Å². The smallest absolute Gasteiger partial charge is 0.193 e. The molecular weight excluding hydrogens is 316 g/mol. The highest BCUT2D eigenvalue weighted by atomic mass is 28.4. The van der Waals surface area contributed by atoms with Crippen LogP contribution in [0.4, 0.5) is 0 Å². The highest BCUT2D eigenvalue weighted by molar-refractivity contribution is 6.74. The van der Waals surface area contributed by atoms with Crippen LogP contribution >= 0.6 is 0 Å². The van der Waals surface area contributed by atoms with Crippen LogP contribution in [0.2, 0.25) is 36.3 Å². The highest BCUT2D eigenvalue weighted by Crippen LogP contribution is 2.42. The second-order valence-electron chi connectivity index (χ2n) is 10.3. The first-order valence-electron chi connectivity index (χ1n) is 9.11. The van der Waals surface area contributed by atoms with Crippen LogP contribution in [-0.2, 0) is 8.85 Å². The molecule has 0 amide bonds. The van der Waals surface area contributed by atoms with Gasteiger partial charge in [-0.15, -0.1) is 0 Å². The molecule has 2 nitrogen and oxygen atoms in total. The molecule has 0 aromatic carbocycles. The average molecular weight is 357 g/mol. The lowest BCUT2D eigenvalue weighted by atomic mass is 9.91. The number of hydrogen-bond donors (Lipinski definition) is 0. The molecule has 0 aromatic heterocycles. The van der Waals surface area contributed by atoms with Gasteiger partial charge < -0.3 is 8.85 Å². The van der Waals surface area contributed by atoms with Gasteiger partial charge in [-0.3, -0.25) is 0 Å². The summed E-state index contributed by atoms with van der Waals surface area (Å²) in [4.78, 5) is 0. The normalized spacial score (nSPS) is 27.3. The minimum atomic E-state index is -1.80. The Kier molecular flexibility index (Phi) is 6.23. The summed E-state index contributed by atoms with van der Waals surface area (Å²) in [5, 5.41) is 0.457. The Labute approximate surface area is 147 Å². The lowest BCUT2D eigenvalue weighted by Crippen LogP contribution is -2.53. The number of hydrogen-bond acceptors (Lipinski definition) is 2. The molecule has 0 bridgehead atoms. The minimum absolute atomic E-state index is 0.105. The zero-order valence-electron chi connectivity index (χ0n) is 17.4. The maximum atomic E-state index is 6.81. The van der Waals surface area contributed by atoms with Crippen molar-refractivity contribution in [2.24, 2.45) is 5.92 Å². The van der Waals surface area contributed by atoms with Gasteiger partial charge in [-0.1, -0.05) is 60.6 Å². The summed E-state index contributed by atoms with van der Waals surface area (Å²) in [6.45, 7) is 25.5. The fraction of sp³-hybridized carbons (Fsp3) is 0.895. The topological polar surface area (TPSA) is 18.5 Å². The van der Waals surface area contributed by atoms with Crippen LogP contribution in [0, 0.1) is 5.92 Å². The van der Waals surface area contributed by atoms with Crippen LogP contribution in [-0.4, -0.2) is 28.8 Å². The minimum Gasteiger partial charge on any atom is -0.411 e. The molecule has 4 heteroatoms. The Bertz CT molecular complexity index is 428. The van der Waals surface area contributed by atoms with Crippen LogP contribution in [0.1, 0.15) is 54.9 Å². The van der Waals surface area contributed by atoms with E-state index in [4.69, 9.17) is 8.85 Å². The lowest BCUT2D eigenvalue weighted by Gasteiger charge is -2.47. The van der Waals surface area contributed by atoms with Crippen LogP contribution in [0.15, 0.2) is 12.2 Å². The number of rotatable bonds is 4. The van der Waals surface area contributed by atoms with Gasteiger partial charge in [-0.05, 0) is 48.6 Å². The maximum Gasteiger partial charge on any atom is 0.193 e. The third-order valence-corrected chi connectivity index (χ3v) is 15.1. The van der Waals surface area contributed by atoms with E-state index in [2.05, 4.69) is 86.8 Å². The van der Waals surface area contributed by atoms with Crippen molar-refractivity contribution in [2.45, 2.75) is 103 Å². The van der Waals surface area contributed by atoms with Crippen molar-refractivity contribution in [3.05, 3.63) is 12.2 Å². The molecule has 0 aromatic rings. The molecule has 0 N–H and O–H groups in total. The summed E-state index contributed by atoms with van der Waals surface area (Å²) in [5.41, 5.74) is 0. The van der Waals surface area contributed by atoms with E-state index in [1.165, 1.54) is 0 Å². The molecule has 1 aliphatic carbocycles. The zero-order chi connectivity index (χ0) is 18.3. The summed E-state index contributed by atoms with van der Waals surface area (Å²) in [6.07, 6.45) is 5.94. The van der Waals surface area contributed by atoms with Crippen molar-refractivity contribution < 1.29 is 8.85 Å². The summed E-state index contributed by atoms with van der Waals surface area (Å²) in [5.74, 6) is 0.517. The second-order valence-corrected chi connectivity index (χ2v) is 19.8. The first-order chi connectivity index (χ1) is 10.1. The van der Waals surface area contributed by atoms with Crippen LogP contribution in [0.25, 0.3) is 0 Å². The number of allylic oxidation sites excluding steroid dienone is 1. The van der Waals surface area contributed by atoms with Crippen molar-refractivity contribution in [3.8, 4) is 0 Å². The van der Waals surface area contributed by atoms with Gasteiger partial charge in [0.15, 0.2) is 16.6 Å². The summed E-state index contributed by atoms with van der Waals surface area (Å²) in [7, 11) is -3.60. The molecule has 23 heavy (non-hydrogen) atoms. The van der Waals surface area contributed by atoms with Gasteiger partial charge in [0.1, 0.15) is 0 Å². The SMILES string of the molecule is C[C@H]1CC=C[C@H](O[Si](C)(C)C(C)(C)C)[C@@H]1O[Si](C)(C)C(C)(C)C. The monoisotopic (exact) mass is 356 g/mol. The Morgan fingerprint density at radius 2 is 1.26 bits per heavy atom. The molecule has 1 aliphatic rings. The second kappa shape index (κ2) is 6.77. The van der Waals surface area contributed by atoms with Crippen LogP contribution < -0.4 is 0 Å².